The minimum absolute atomic E-state index is 0.0206. The maximum atomic E-state index is 13.0. The van der Waals surface area contributed by atoms with Crippen molar-refractivity contribution in [1.29, 1.82) is 0 Å². The third kappa shape index (κ3) is 8.93. The van der Waals surface area contributed by atoms with Crippen molar-refractivity contribution in [2.24, 2.45) is 17.1 Å². The van der Waals surface area contributed by atoms with Crippen molar-refractivity contribution in [3.8, 4) is 5.75 Å². The molecule has 7 nitrogen and oxygen atoms in total. The summed E-state index contributed by atoms with van der Waals surface area (Å²) in [4.78, 5) is 11.7. The summed E-state index contributed by atoms with van der Waals surface area (Å²) >= 11 is 0. The maximum absolute atomic E-state index is 13.0. The molecule has 1 aromatic rings. The fourth-order valence-electron chi connectivity index (χ4n) is 3.83. The second-order valence-corrected chi connectivity index (χ2v) is 10.8. The van der Waals surface area contributed by atoms with E-state index in [9.17, 15) is 18.0 Å². The van der Waals surface area contributed by atoms with Crippen LogP contribution in [0.1, 0.15) is 46.1 Å². The molecule has 0 spiro atoms. The Morgan fingerprint density at radius 3 is 2.57 bits per heavy atom. The van der Waals surface area contributed by atoms with E-state index < -0.39 is 36.6 Å². The largest absolute Gasteiger partial charge is 0.493 e. The van der Waals surface area contributed by atoms with E-state index >= 15 is 0 Å². The highest BCUT2D eigenvalue weighted by atomic mass is 19.4. The van der Waals surface area contributed by atoms with Crippen molar-refractivity contribution in [2.45, 2.75) is 83.7 Å². The molecule has 198 valence electrons. The van der Waals surface area contributed by atoms with Crippen LogP contribution in [-0.4, -0.2) is 62.5 Å². The Bertz CT molecular complexity index is 841. The molecule has 1 saturated carbocycles. The summed E-state index contributed by atoms with van der Waals surface area (Å²) in [5.41, 5.74) is 7.03. The summed E-state index contributed by atoms with van der Waals surface area (Å²) in [5, 5.41) is 3.18. The second kappa shape index (κ2) is 11.5. The molecule has 0 bridgehead atoms. The van der Waals surface area contributed by atoms with E-state index in [4.69, 9.17) is 24.7 Å². The van der Waals surface area contributed by atoms with Gasteiger partial charge < -0.3 is 30.0 Å². The average Bonchev–Trinajstić information content (AvgIpc) is 3.58. The van der Waals surface area contributed by atoms with Crippen LogP contribution in [0.25, 0.3) is 0 Å². The number of alkyl halides is 3. The predicted octanol–water partition coefficient (Wildman–Crippen LogP) is 3.59. The highest BCUT2D eigenvalue weighted by molar-refractivity contribution is 5.75. The van der Waals surface area contributed by atoms with Crippen LogP contribution in [-0.2, 0) is 25.4 Å². The zero-order valence-corrected chi connectivity index (χ0v) is 20.8. The standard InChI is InChI=1S/C25H37F3N2O5/c1-15-22(34-14-24(2,3)4)33-13-20(30-15)21(35-23(31)25(26,27)28)19(29)11-17-6-5-7-18(10-17)32-12-16-8-9-16/h5-7,10,15-16,19-22,30H,8-9,11-14,29H2,1-4H3/t15-,19-,20+,21-,22-/m0/s1. The quantitative estimate of drug-likeness (QED) is 0.473. The molecule has 1 aliphatic heterocycles. The first-order chi connectivity index (χ1) is 16.3. The predicted molar refractivity (Wildman–Crippen MR) is 124 cm³/mol. The summed E-state index contributed by atoms with van der Waals surface area (Å²) in [5.74, 6) is -1.01. The smallest absolute Gasteiger partial charge is 0.490 e. The Hall–Kier alpha value is -1.88. The Morgan fingerprint density at radius 2 is 1.97 bits per heavy atom. The van der Waals surface area contributed by atoms with Crippen LogP contribution < -0.4 is 15.8 Å². The summed E-state index contributed by atoms with van der Waals surface area (Å²) in [6, 6.07) is 5.26. The van der Waals surface area contributed by atoms with Gasteiger partial charge in [0.2, 0.25) is 0 Å². The monoisotopic (exact) mass is 502 g/mol. The van der Waals surface area contributed by atoms with E-state index in [1.807, 2.05) is 45.0 Å². The van der Waals surface area contributed by atoms with Crippen molar-refractivity contribution >= 4 is 5.97 Å². The van der Waals surface area contributed by atoms with Gasteiger partial charge in [0.15, 0.2) is 6.29 Å². The lowest BCUT2D eigenvalue weighted by atomic mass is 9.95. The van der Waals surface area contributed by atoms with E-state index in [0.717, 1.165) is 18.4 Å². The van der Waals surface area contributed by atoms with E-state index in [0.29, 0.717) is 24.9 Å². The lowest BCUT2D eigenvalue weighted by molar-refractivity contribution is -0.219. The second-order valence-electron chi connectivity index (χ2n) is 10.8. The van der Waals surface area contributed by atoms with Gasteiger partial charge in [-0.15, -0.1) is 0 Å². The summed E-state index contributed by atoms with van der Waals surface area (Å²) in [6.45, 7) is 8.93. The number of benzene rings is 1. The number of esters is 1. The van der Waals surface area contributed by atoms with Gasteiger partial charge in [0.1, 0.15) is 11.9 Å². The van der Waals surface area contributed by atoms with Gasteiger partial charge in [-0.25, -0.2) is 4.79 Å². The molecule has 0 radical (unpaired) electrons. The van der Waals surface area contributed by atoms with Gasteiger partial charge in [-0.3, -0.25) is 0 Å². The zero-order chi connectivity index (χ0) is 25.8. The topological polar surface area (TPSA) is 92.0 Å². The van der Waals surface area contributed by atoms with E-state index in [1.165, 1.54) is 0 Å². The molecular weight excluding hydrogens is 465 g/mol. The molecule has 1 saturated heterocycles. The first-order valence-electron chi connectivity index (χ1n) is 12.1. The number of hydrogen-bond acceptors (Lipinski definition) is 7. The molecular formula is C25H37F3N2O5. The molecule has 1 aliphatic carbocycles. The normalized spacial score (nSPS) is 25.1. The third-order valence-electron chi connectivity index (χ3n) is 5.85. The van der Waals surface area contributed by atoms with Gasteiger partial charge in [0.25, 0.3) is 0 Å². The number of nitrogens with one attached hydrogen (secondary N) is 1. The molecule has 5 atom stereocenters. The van der Waals surface area contributed by atoms with Crippen LogP contribution >= 0.6 is 0 Å². The van der Waals surface area contributed by atoms with E-state index in [2.05, 4.69) is 5.32 Å². The SMILES string of the molecule is C[C@@H]1N[C@@H]([C@@H](OC(=O)C(F)(F)F)[C@@H](N)Cc2cccc(OCC3CC3)c2)CO[C@H]1OCC(C)(C)C. The van der Waals surface area contributed by atoms with Crippen LogP contribution in [0.3, 0.4) is 0 Å². The zero-order valence-electron chi connectivity index (χ0n) is 20.8. The molecule has 0 unspecified atom stereocenters. The van der Waals surface area contributed by atoms with Crippen molar-refractivity contribution < 1.29 is 36.9 Å². The van der Waals surface area contributed by atoms with Crippen molar-refractivity contribution in [2.75, 3.05) is 19.8 Å². The van der Waals surface area contributed by atoms with E-state index in [-0.39, 0.29) is 24.5 Å². The molecule has 10 heteroatoms. The first kappa shape index (κ1) is 27.7. The Morgan fingerprint density at radius 1 is 1.26 bits per heavy atom. The summed E-state index contributed by atoms with van der Waals surface area (Å²) in [7, 11) is 0. The molecule has 2 aliphatic rings. The first-order valence-corrected chi connectivity index (χ1v) is 12.1. The molecule has 2 fully saturated rings. The van der Waals surface area contributed by atoms with Gasteiger partial charge in [-0.1, -0.05) is 32.9 Å². The number of halogens is 3. The minimum atomic E-state index is -5.13. The highest BCUT2D eigenvalue weighted by Gasteiger charge is 2.46. The van der Waals surface area contributed by atoms with Gasteiger partial charge in [0, 0.05) is 6.04 Å². The van der Waals surface area contributed by atoms with Crippen molar-refractivity contribution in [3.05, 3.63) is 29.8 Å². The minimum Gasteiger partial charge on any atom is -0.493 e. The fourth-order valence-corrected chi connectivity index (χ4v) is 3.83. The number of morpholine rings is 1. The van der Waals surface area contributed by atoms with Crippen LogP contribution in [0, 0.1) is 11.3 Å². The summed E-state index contributed by atoms with van der Waals surface area (Å²) < 4.78 is 61.4. The Balaban J connectivity index is 1.67. The maximum Gasteiger partial charge on any atom is 0.490 e. The molecule has 1 aromatic carbocycles. The van der Waals surface area contributed by atoms with Crippen LogP contribution in [0.2, 0.25) is 0 Å². The molecule has 3 N–H and O–H groups in total. The lowest BCUT2D eigenvalue weighted by Gasteiger charge is -2.40. The molecule has 35 heavy (non-hydrogen) atoms. The van der Waals surface area contributed by atoms with Crippen molar-refractivity contribution in [1.82, 2.24) is 5.32 Å². The van der Waals surface area contributed by atoms with Crippen molar-refractivity contribution in [3.63, 3.8) is 0 Å². The van der Waals surface area contributed by atoms with E-state index in [1.54, 1.807) is 6.92 Å². The summed E-state index contributed by atoms with van der Waals surface area (Å²) in [6.07, 6.45) is -4.48. The fraction of sp³-hybridized carbons (Fsp3) is 0.720. The molecule has 3 rings (SSSR count). The lowest BCUT2D eigenvalue weighted by Crippen LogP contribution is -2.63. The number of hydrogen-bond donors (Lipinski definition) is 2. The number of nitrogens with two attached hydrogens (primary N) is 1. The number of rotatable bonds is 10. The molecule has 1 heterocycles. The average molecular weight is 503 g/mol. The van der Waals surface area contributed by atoms with Crippen LogP contribution in [0.4, 0.5) is 13.2 Å². The third-order valence-corrected chi connectivity index (χ3v) is 5.85. The van der Waals surface area contributed by atoms with Gasteiger partial charge in [0.05, 0.1) is 31.9 Å². The number of carbonyl (C=O) groups excluding carboxylic acids is 1. The highest BCUT2D eigenvalue weighted by Crippen LogP contribution is 2.30. The molecule has 0 aromatic heterocycles. The Labute approximate surface area is 204 Å². The number of ether oxygens (including phenoxy) is 4. The Kier molecular flexibility index (Phi) is 9.06. The number of carbonyl (C=O) groups is 1. The van der Waals surface area contributed by atoms with Crippen LogP contribution in [0.5, 0.6) is 5.75 Å². The molecule has 0 amide bonds. The van der Waals surface area contributed by atoms with Gasteiger partial charge >= 0.3 is 12.1 Å². The van der Waals surface area contributed by atoms with Gasteiger partial charge in [-0.2, -0.15) is 13.2 Å². The van der Waals surface area contributed by atoms with Gasteiger partial charge in [-0.05, 0) is 55.2 Å². The van der Waals surface area contributed by atoms with Crippen LogP contribution in [0.15, 0.2) is 24.3 Å².